The van der Waals surface area contributed by atoms with Gasteiger partial charge in [-0.05, 0) is 82.9 Å². The van der Waals surface area contributed by atoms with E-state index in [0.717, 1.165) is 5.69 Å². The maximum absolute atomic E-state index is 4.38. The molecule has 11 rings (SSSR count). The molecule has 4 aromatic heterocycles. The third kappa shape index (κ3) is 4.27. The largest absolute Gasteiger partial charge is 0.309 e. The molecule has 0 unspecified atom stereocenters. The van der Waals surface area contributed by atoms with Crippen LogP contribution in [0.25, 0.3) is 97.4 Å². The summed E-state index contributed by atoms with van der Waals surface area (Å²) in [6.07, 6.45) is 3.86. The quantitative estimate of drug-likeness (QED) is 0.183. The van der Waals surface area contributed by atoms with Crippen molar-refractivity contribution < 1.29 is 0 Å². The van der Waals surface area contributed by atoms with Crippen LogP contribution in [-0.2, 0) is 0 Å². The lowest BCUT2D eigenvalue weighted by Crippen LogP contribution is -1.96. The average molecular weight is 668 g/mol. The second-order valence-corrected chi connectivity index (χ2v) is 14.3. The number of pyridine rings is 1. The summed E-state index contributed by atoms with van der Waals surface area (Å²) in [6, 6.07) is 59.8. The van der Waals surface area contributed by atoms with Crippen molar-refractivity contribution in [2.75, 3.05) is 0 Å². The van der Waals surface area contributed by atoms with Gasteiger partial charge in [0.1, 0.15) is 0 Å². The molecule has 11 aromatic rings. The van der Waals surface area contributed by atoms with Crippen molar-refractivity contribution in [3.8, 4) is 33.6 Å². The van der Waals surface area contributed by atoms with E-state index in [1.807, 2.05) is 23.7 Å². The molecule has 0 saturated carbocycles. The molecule has 0 aliphatic heterocycles. The highest BCUT2D eigenvalue weighted by Gasteiger charge is 2.17. The maximum Gasteiger partial charge on any atom is 0.0542 e. The summed E-state index contributed by atoms with van der Waals surface area (Å²) in [5.74, 6) is 0. The third-order valence-corrected chi connectivity index (χ3v) is 11.6. The average Bonchev–Trinajstić information content (AvgIpc) is 3.86. The zero-order valence-corrected chi connectivity index (χ0v) is 28.3. The topological polar surface area (TPSA) is 22.8 Å². The van der Waals surface area contributed by atoms with Crippen LogP contribution in [0.4, 0.5) is 0 Å². The molecular weight excluding hydrogens is 639 g/mol. The number of nitrogens with zero attached hydrogens (tertiary/aromatic N) is 3. The first-order valence-corrected chi connectivity index (χ1v) is 18.1. The number of hydrogen-bond donors (Lipinski definition) is 0. The van der Waals surface area contributed by atoms with Gasteiger partial charge >= 0.3 is 0 Å². The van der Waals surface area contributed by atoms with Crippen LogP contribution < -0.4 is 0 Å². The van der Waals surface area contributed by atoms with Crippen LogP contribution in [0.5, 0.6) is 0 Å². The monoisotopic (exact) mass is 667 g/mol. The van der Waals surface area contributed by atoms with Crippen LogP contribution in [0.1, 0.15) is 0 Å². The van der Waals surface area contributed by atoms with Crippen LogP contribution in [0.15, 0.2) is 176 Å². The van der Waals surface area contributed by atoms with Crippen molar-refractivity contribution in [2.24, 2.45) is 0 Å². The minimum Gasteiger partial charge on any atom is -0.309 e. The summed E-state index contributed by atoms with van der Waals surface area (Å²) in [4.78, 5) is 4.38. The molecule has 0 atom stereocenters. The first-order chi connectivity index (χ1) is 25.3. The minimum atomic E-state index is 1.15. The molecule has 0 radical (unpaired) electrons. The Morgan fingerprint density at radius 3 is 1.71 bits per heavy atom. The summed E-state index contributed by atoms with van der Waals surface area (Å²) in [6.45, 7) is 0. The SMILES string of the molecule is c1cc(-c2cccc(-n3c4ccccc4c4cc(-n5c6ccccc6c6ccccc65)ccc43)c2)cc(-c2cccc3c2sc2cnccc23)c1. The Kier molecular flexibility index (Phi) is 6.12. The maximum atomic E-state index is 4.38. The van der Waals surface area contributed by atoms with Crippen LogP contribution in [0.3, 0.4) is 0 Å². The van der Waals surface area contributed by atoms with Crippen LogP contribution in [0.2, 0.25) is 0 Å². The Labute approximate surface area is 297 Å². The molecule has 0 aliphatic rings. The Bertz CT molecular complexity index is 3100. The van der Waals surface area contributed by atoms with Crippen molar-refractivity contribution in [3.05, 3.63) is 176 Å². The van der Waals surface area contributed by atoms with Gasteiger partial charge in [0.2, 0.25) is 0 Å². The van der Waals surface area contributed by atoms with Gasteiger partial charge in [-0.2, -0.15) is 0 Å². The highest BCUT2D eigenvalue weighted by atomic mass is 32.1. The van der Waals surface area contributed by atoms with E-state index in [4.69, 9.17) is 0 Å². The normalized spacial score (nSPS) is 11.9. The summed E-state index contributed by atoms with van der Waals surface area (Å²) in [7, 11) is 0. The number of aromatic nitrogens is 3. The van der Waals surface area contributed by atoms with E-state index in [1.54, 1.807) is 0 Å². The van der Waals surface area contributed by atoms with Gasteiger partial charge in [-0.15, -0.1) is 11.3 Å². The number of fused-ring (bicyclic) bond motifs is 9. The molecule has 7 aromatic carbocycles. The first kappa shape index (κ1) is 28.4. The van der Waals surface area contributed by atoms with E-state index in [2.05, 4.69) is 178 Å². The van der Waals surface area contributed by atoms with Crippen molar-refractivity contribution in [2.45, 2.75) is 0 Å². The fourth-order valence-electron chi connectivity index (χ4n) is 8.15. The zero-order chi connectivity index (χ0) is 33.5. The minimum absolute atomic E-state index is 1.15. The predicted octanol–water partition coefficient (Wildman–Crippen LogP) is 13.0. The lowest BCUT2D eigenvalue weighted by atomic mass is 9.97. The zero-order valence-electron chi connectivity index (χ0n) is 27.5. The van der Waals surface area contributed by atoms with Gasteiger partial charge in [0.25, 0.3) is 0 Å². The number of benzene rings is 7. The van der Waals surface area contributed by atoms with E-state index in [-0.39, 0.29) is 0 Å². The lowest BCUT2D eigenvalue weighted by Gasteiger charge is -2.12. The number of rotatable bonds is 4. The molecule has 0 spiro atoms. The highest BCUT2D eigenvalue weighted by Crippen LogP contribution is 2.41. The summed E-state index contributed by atoms with van der Waals surface area (Å²) >= 11 is 1.82. The van der Waals surface area contributed by atoms with Gasteiger partial charge in [0, 0.05) is 60.8 Å². The third-order valence-electron chi connectivity index (χ3n) is 10.4. The van der Waals surface area contributed by atoms with Gasteiger partial charge in [-0.25, -0.2) is 0 Å². The molecule has 0 bridgehead atoms. The smallest absolute Gasteiger partial charge is 0.0542 e. The van der Waals surface area contributed by atoms with Crippen molar-refractivity contribution >= 4 is 75.1 Å². The highest BCUT2D eigenvalue weighted by molar-refractivity contribution is 7.26. The van der Waals surface area contributed by atoms with Gasteiger partial charge in [0.05, 0.1) is 26.8 Å². The van der Waals surface area contributed by atoms with Gasteiger partial charge < -0.3 is 9.13 Å². The summed E-state index contributed by atoms with van der Waals surface area (Å²) in [5, 5.41) is 7.58. The molecule has 0 saturated heterocycles. The molecule has 3 nitrogen and oxygen atoms in total. The van der Waals surface area contributed by atoms with E-state index in [0.29, 0.717) is 0 Å². The van der Waals surface area contributed by atoms with Crippen LogP contribution in [0, 0.1) is 0 Å². The summed E-state index contributed by atoms with van der Waals surface area (Å²) in [5.41, 5.74) is 12.0. The van der Waals surface area contributed by atoms with Crippen molar-refractivity contribution in [1.82, 2.24) is 14.1 Å². The van der Waals surface area contributed by atoms with Gasteiger partial charge in [-0.1, -0.05) is 103 Å². The van der Waals surface area contributed by atoms with Crippen molar-refractivity contribution in [3.63, 3.8) is 0 Å². The van der Waals surface area contributed by atoms with Crippen LogP contribution >= 0.6 is 11.3 Å². The second-order valence-electron chi connectivity index (χ2n) is 13.2. The fourth-order valence-corrected chi connectivity index (χ4v) is 9.36. The molecular formula is C47H29N3S. The number of thiophene rings is 1. The Balaban J connectivity index is 1.06. The number of para-hydroxylation sites is 3. The Hall–Kier alpha value is -6.49. The van der Waals surface area contributed by atoms with E-state index in [1.165, 1.54) is 91.7 Å². The van der Waals surface area contributed by atoms with Gasteiger partial charge in [0.15, 0.2) is 0 Å². The molecule has 0 amide bonds. The van der Waals surface area contributed by atoms with Gasteiger partial charge in [-0.3, -0.25) is 4.98 Å². The molecule has 4 heterocycles. The predicted molar refractivity (Wildman–Crippen MR) is 217 cm³/mol. The van der Waals surface area contributed by atoms with E-state index >= 15 is 0 Å². The molecule has 0 N–H and O–H groups in total. The first-order valence-electron chi connectivity index (χ1n) is 17.3. The van der Waals surface area contributed by atoms with E-state index in [9.17, 15) is 0 Å². The number of hydrogen-bond acceptors (Lipinski definition) is 2. The van der Waals surface area contributed by atoms with Crippen LogP contribution in [-0.4, -0.2) is 14.1 Å². The Morgan fingerprint density at radius 2 is 0.961 bits per heavy atom. The van der Waals surface area contributed by atoms with Crippen molar-refractivity contribution in [1.29, 1.82) is 0 Å². The van der Waals surface area contributed by atoms with E-state index < -0.39 is 0 Å². The Morgan fingerprint density at radius 1 is 0.392 bits per heavy atom. The molecule has 51 heavy (non-hydrogen) atoms. The molecule has 0 fully saturated rings. The second kappa shape index (κ2) is 11.0. The molecule has 4 heteroatoms. The molecule has 0 aliphatic carbocycles. The lowest BCUT2D eigenvalue weighted by molar-refractivity contribution is 1.17. The summed E-state index contributed by atoms with van der Waals surface area (Å²) < 4.78 is 7.34. The molecule has 238 valence electrons. The standard InChI is InChI=1S/C47H29N3S/c1-4-19-42-36(14-1)37-15-2-5-20-43(37)50(42)34-22-23-45-41(28-34)38-16-3-6-21-44(38)49(45)33-13-8-11-31(27-33)30-10-7-12-32(26-30)35-17-9-18-40-39-24-25-48-29-46(39)51-47(35)40/h1-29H. The fraction of sp³-hybridized carbons (Fsp3) is 0.